The first-order valence-corrected chi connectivity index (χ1v) is 14.1. The summed E-state index contributed by atoms with van der Waals surface area (Å²) in [5.74, 6) is 0.368. The number of benzene rings is 2. The van der Waals surface area contributed by atoms with Crippen LogP contribution in [-0.4, -0.2) is 56.1 Å². The average Bonchev–Trinajstić information content (AvgIpc) is 3.47. The Hall–Kier alpha value is -2.53. The van der Waals surface area contributed by atoms with Crippen molar-refractivity contribution in [3.8, 4) is 5.75 Å². The summed E-state index contributed by atoms with van der Waals surface area (Å²) in [5.41, 5.74) is 1.34. The van der Waals surface area contributed by atoms with Gasteiger partial charge in [-0.25, -0.2) is 8.42 Å². The van der Waals surface area contributed by atoms with Crippen molar-refractivity contribution in [2.24, 2.45) is 4.99 Å². The Bertz CT molecular complexity index is 1350. The molecule has 2 heterocycles. The minimum Gasteiger partial charge on any atom is -0.494 e. The summed E-state index contributed by atoms with van der Waals surface area (Å²) in [6.45, 7) is 6.31. The molecule has 3 aromatic rings. The zero-order chi connectivity index (χ0) is 25.0. The van der Waals surface area contributed by atoms with E-state index >= 15 is 0 Å². The van der Waals surface area contributed by atoms with Crippen LogP contribution in [0.25, 0.3) is 10.2 Å². The van der Waals surface area contributed by atoms with Crippen LogP contribution in [-0.2, 0) is 21.3 Å². The van der Waals surface area contributed by atoms with Gasteiger partial charge in [-0.2, -0.15) is 9.30 Å². The number of amides is 1. The first kappa shape index (κ1) is 25.6. The Labute approximate surface area is 209 Å². The third kappa shape index (κ3) is 5.66. The van der Waals surface area contributed by atoms with Crippen molar-refractivity contribution in [2.45, 2.75) is 50.7 Å². The standard InChI is InChI=1S/C25H31N3O5S2/c1-4-14-28-22-13-10-19(32-5-2)16-23(22)34-25(28)26-24(29)18-8-11-21(12-9-18)35(30,31)27(3)17-20-7-6-15-33-20/h8-13,16,20H,4-7,14-15,17H2,1-3H3. The maximum Gasteiger partial charge on any atom is 0.279 e. The lowest BCUT2D eigenvalue weighted by molar-refractivity contribution is 0.0979. The zero-order valence-electron chi connectivity index (χ0n) is 20.3. The molecule has 2 aromatic carbocycles. The first-order valence-electron chi connectivity index (χ1n) is 11.9. The second-order valence-corrected chi connectivity index (χ2v) is 11.5. The quantitative estimate of drug-likeness (QED) is 0.427. The molecule has 1 aliphatic heterocycles. The number of hydrogen-bond acceptors (Lipinski definition) is 6. The summed E-state index contributed by atoms with van der Waals surface area (Å²) < 4.78 is 41.4. The van der Waals surface area contributed by atoms with Gasteiger partial charge in [0.15, 0.2) is 4.80 Å². The number of carbonyl (C=O) groups excluding carboxylic acids is 1. The lowest BCUT2D eigenvalue weighted by Gasteiger charge is -2.20. The van der Waals surface area contributed by atoms with Gasteiger partial charge in [0.05, 0.1) is 27.8 Å². The van der Waals surface area contributed by atoms with E-state index in [1.807, 2.05) is 29.7 Å². The first-order chi connectivity index (χ1) is 16.8. The molecule has 0 saturated carbocycles. The Kier molecular flexibility index (Phi) is 8.05. The summed E-state index contributed by atoms with van der Waals surface area (Å²) in [6, 6.07) is 11.8. The maximum absolute atomic E-state index is 13.0. The molecule has 0 bridgehead atoms. The molecule has 1 aromatic heterocycles. The van der Waals surface area contributed by atoms with Gasteiger partial charge < -0.3 is 14.0 Å². The van der Waals surface area contributed by atoms with Gasteiger partial charge in [-0.1, -0.05) is 18.3 Å². The highest BCUT2D eigenvalue weighted by atomic mass is 32.2. The molecule has 35 heavy (non-hydrogen) atoms. The molecule has 0 aliphatic carbocycles. The van der Waals surface area contributed by atoms with E-state index in [4.69, 9.17) is 9.47 Å². The second kappa shape index (κ2) is 11.0. The van der Waals surface area contributed by atoms with E-state index in [-0.39, 0.29) is 11.0 Å². The second-order valence-electron chi connectivity index (χ2n) is 8.46. The molecule has 1 saturated heterocycles. The van der Waals surface area contributed by atoms with Gasteiger partial charge in [0.25, 0.3) is 5.91 Å². The van der Waals surface area contributed by atoms with Crippen molar-refractivity contribution in [1.29, 1.82) is 0 Å². The fraction of sp³-hybridized carbons (Fsp3) is 0.440. The van der Waals surface area contributed by atoms with Crippen molar-refractivity contribution in [3.63, 3.8) is 0 Å². The van der Waals surface area contributed by atoms with Crippen molar-refractivity contribution in [2.75, 3.05) is 26.8 Å². The fourth-order valence-electron chi connectivity index (χ4n) is 4.11. The van der Waals surface area contributed by atoms with Crippen LogP contribution in [0.5, 0.6) is 5.75 Å². The molecule has 1 aliphatic rings. The molecular weight excluding hydrogens is 486 g/mol. The number of thiazole rings is 1. The van der Waals surface area contributed by atoms with Gasteiger partial charge in [0.2, 0.25) is 10.0 Å². The Balaban J connectivity index is 1.58. The van der Waals surface area contributed by atoms with Gasteiger partial charge in [-0.15, -0.1) is 0 Å². The summed E-state index contributed by atoms with van der Waals surface area (Å²) in [7, 11) is -2.12. The third-order valence-electron chi connectivity index (χ3n) is 5.90. The molecule has 1 unspecified atom stereocenters. The average molecular weight is 518 g/mol. The topological polar surface area (TPSA) is 90.2 Å². The Morgan fingerprint density at radius 3 is 2.66 bits per heavy atom. The van der Waals surface area contributed by atoms with Crippen molar-refractivity contribution in [1.82, 2.24) is 8.87 Å². The van der Waals surface area contributed by atoms with E-state index in [1.165, 1.54) is 39.9 Å². The largest absolute Gasteiger partial charge is 0.494 e. The molecular formula is C25H31N3O5S2. The van der Waals surface area contributed by atoms with Crippen LogP contribution in [0, 0.1) is 0 Å². The number of aromatic nitrogens is 1. The monoisotopic (exact) mass is 517 g/mol. The van der Waals surface area contributed by atoms with Crippen LogP contribution in [0.1, 0.15) is 43.5 Å². The molecule has 1 atom stereocenters. The zero-order valence-corrected chi connectivity index (χ0v) is 21.9. The van der Waals surface area contributed by atoms with Crippen molar-refractivity contribution < 1.29 is 22.7 Å². The van der Waals surface area contributed by atoms with Gasteiger partial charge >= 0.3 is 0 Å². The van der Waals surface area contributed by atoms with E-state index in [0.717, 1.165) is 41.8 Å². The number of nitrogens with zero attached hydrogens (tertiary/aromatic N) is 3. The number of hydrogen-bond donors (Lipinski definition) is 0. The highest BCUT2D eigenvalue weighted by Crippen LogP contribution is 2.24. The molecule has 1 fully saturated rings. The van der Waals surface area contributed by atoms with Crippen LogP contribution in [0.3, 0.4) is 0 Å². The van der Waals surface area contributed by atoms with Gasteiger partial charge in [-0.3, -0.25) is 4.79 Å². The van der Waals surface area contributed by atoms with Crippen molar-refractivity contribution in [3.05, 3.63) is 52.8 Å². The lowest BCUT2D eigenvalue weighted by atomic mass is 10.2. The SMILES string of the molecule is CCCn1c(=NC(=O)c2ccc(S(=O)(=O)N(C)CC3CCCO3)cc2)sc2cc(OCC)ccc21. The minimum atomic E-state index is -3.67. The number of sulfonamides is 1. The summed E-state index contributed by atoms with van der Waals surface area (Å²) in [6.07, 6.45) is 2.63. The number of rotatable bonds is 9. The molecule has 0 spiro atoms. The predicted molar refractivity (Wildman–Crippen MR) is 136 cm³/mol. The predicted octanol–water partition coefficient (Wildman–Crippen LogP) is 4.05. The number of likely N-dealkylation sites (N-methyl/N-ethyl adjacent to an activating group) is 1. The van der Waals surface area contributed by atoms with E-state index in [0.29, 0.717) is 30.1 Å². The summed E-state index contributed by atoms with van der Waals surface area (Å²) in [5, 5.41) is 0. The van der Waals surface area contributed by atoms with Crippen LogP contribution in [0.4, 0.5) is 0 Å². The molecule has 4 rings (SSSR count). The van der Waals surface area contributed by atoms with Gasteiger partial charge in [0.1, 0.15) is 5.75 Å². The normalized spacial score (nSPS) is 16.9. The van der Waals surface area contributed by atoms with E-state index in [9.17, 15) is 13.2 Å². The summed E-state index contributed by atoms with van der Waals surface area (Å²) >= 11 is 1.43. The lowest BCUT2D eigenvalue weighted by Crippen LogP contribution is -2.34. The highest BCUT2D eigenvalue weighted by molar-refractivity contribution is 7.89. The van der Waals surface area contributed by atoms with E-state index < -0.39 is 15.9 Å². The third-order valence-corrected chi connectivity index (χ3v) is 8.78. The van der Waals surface area contributed by atoms with Crippen LogP contribution in [0.2, 0.25) is 0 Å². The molecule has 188 valence electrons. The minimum absolute atomic E-state index is 0.0739. The number of carbonyl (C=O) groups is 1. The van der Waals surface area contributed by atoms with Crippen LogP contribution < -0.4 is 9.54 Å². The Morgan fingerprint density at radius 2 is 2.00 bits per heavy atom. The van der Waals surface area contributed by atoms with Gasteiger partial charge in [-0.05, 0) is 68.7 Å². The molecule has 10 heteroatoms. The van der Waals surface area contributed by atoms with Crippen LogP contribution >= 0.6 is 11.3 Å². The smallest absolute Gasteiger partial charge is 0.279 e. The Morgan fingerprint density at radius 1 is 1.23 bits per heavy atom. The summed E-state index contributed by atoms with van der Waals surface area (Å²) in [4.78, 5) is 18.1. The number of fused-ring (bicyclic) bond motifs is 1. The van der Waals surface area contributed by atoms with Crippen LogP contribution in [0.15, 0.2) is 52.4 Å². The maximum atomic E-state index is 13.0. The van der Waals surface area contributed by atoms with Crippen molar-refractivity contribution >= 4 is 37.5 Å². The number of ether oxygens (including phenoxy) is 2. The van der Waals surface area contributed by atoms with E-state index in [1.54, 1.807) is 7.05 Å². The highest BCUT2D eigenvalue weighted by Gasteiger charge is 2.26. The molecule has 8 nitrogen and oxygen atoms in total. The molecule has 1 amide bonds. The molecule has 0 N–H and O–H groups in total. The fourth-order valence-corrected chi connectivity index (χ4v) is 6.39. The van der Waals surface area contributed by atoms with E-state index in [2.05, 4.69) is 11.9 Å². The number of aryl methyl sites for hydroxylation is 1. The van der Waals surface area contributed by atoms with Gasteiger partial charge in [0, 0.05) is 32.3 Å². The molecule has 0 radical (unpaired) electrons.